The molecular weight excluding hydrogens is 272 g/mol. The van der Waals surface area contributed by atoms with Crippen LogP contribution < -0.4 is 10.5 Å². The molecular formula is C16H19ClN2O. The predicted molar refractivity (Wildman–Crippen MR) is 82.5 cm³/mol. The lowest BCUT2D eigenvalue weighted by Gasteiger charge is -2.15. The summed E-state index contributed by atoms with van der Waals surface area (Å²) in [6.07, 6.45) is 1.66. The van der Waals surface area contributed by atoms with Gasteiger partial charge in [-0.3, -0.25) is 0 Å². The van der Waals surface area contributed by atoms with Gasteiger partial charge in [-0.25, -0.2) is 4.98 Å². The van der Waals surface area contributed by atoms with E-state index >= 15 is 0 Å². The van der Waals surface area contributed by atoms with E-state index in [1.807, 2.05) is 13.0 Å². The molecule has 1 heterocycles. The zero-order chi connectivity index (χ0) is 14.7. The number of halogens is 1. The highest BCUT2D eigenvalue weighted by molar-refractivity contribution is 6.32. The first-order valence-corrected chi connectivity index (χ1v) is 7.02. The largest absolute Gasteiger partial charge is 0.437 e. The number of pyridine rings is 1. The Kier molecular flexibility index (Phi) is 4.63. The highest BCUT2D eigenvalue weighted by atomic mass is 35.5. The maximum atomic E-state index is 6.26. The minimum atomic E-state index is 0.363. The third-order valence-corrected chi connectivity index (χ3v) is 3.56. The van der Waals surface area contributed by atoms with E-state index in [1.165, 1.54) is 0 Å². The van der Waals surface area contributed by atoms with Crippen LogP contribution in [0.3, 0.4) is 0 Å². The van der Waals surface area contributed by atoms with Gasteiger partial charge in [0, 0.05) is 12.7 Å². The van der Waals surface area contributed by atoms with E-state index in [1.54, 1.807) is 12.3 Å². The van der Waals surface area contributed by atoms with Crippen molar-refractivity contribution in [2.45, 2.75) is 33.2 Å². The Bertz CT molecular complexity index is 611. The van der Waals surface area contributed by atoms with Crippen LogP contribution in [0.5, 0.6) is 11.6 Å². The number of ether oxygens (including phenoxy) is 1. The summed E-state index contributed by atoms with van der Waals surface area (Å²) in [5, 5.41) is 0.478. The monoisotopic (exact) mass is 290 g/mol. The molecule has 0 fully saturated rings. The topological polar surface area (TPSA) is 48.1 Å². The number of aryl methyl sites for hydroxylation is 1. The molecule has 0 amide bonds. The quantitative estimate of drug-likeness (QED) is 0.907. The summed E-state index contributed by atoms with van der Waals surface area (Å²) in [6.45, 7) is 6.65. The third kappa shape index (κ3) is 3.11. The van der Waals surface area contributed by atoms with Gasteiger partial charge in [0.2, 0.25) is 5.88 Å². The van der Waals surface area contributed by atoms with Gasteiger partial charge in [-0.05, 0) is 41.7 Å². The molecule has 2 N–H and O–H groups in total. The van der Waals surface area contributed by atoms with E-state index in [9.17, 15) is 0 Å². The van der Waals surface area contributed by atoms with E-state index in [2.05, 4.69) is 31.0 Å². The first-order valence-electron chi connectivity index (χ1n) is 6.64. The average molecular weight is 291 g/mol. The molecule has 20 heavy (non-hydrogen) atoms. The molecule has 1 aromatic carbocycles. The van der Waals surface area contributed by atoms with E-state index in [0.717, 1.165) is 22.4 Å². The van der Waals surface area contributed by atoms with Gasteiger partial charge >= 0.3 is 0 Å². The standard InChI is InChI=1S/C16H19ClN2O/c1-10(2)13-5-4-11(3)8-14(13)20-16-15(17)12(9-18)6-7-19-16/h4-8,10H,9,18H2,1-3H3. The Morgan fingerprint density at radius 2 is 2.05 bits per heavy atom. The Hall–Kier alpha value is -1.58. The molecule has 0 atom stereocenters. The molecule has 0 aliphatic heterocycles. The predicted octanol–water partition coefficient (Wildman–Crippen LogP) is 4.42. The molecule has 4 heteroatoms. The summed E-state index contributed by atoms with van der Waals surface area (Å²) in [4.78, 5) is 4.20. The Morgan fingerprint density at radius 3 is 2.70 bits per heavy atom. The first-order chi connectivity index (χ1) is 9.52. The number of nitrogens with two attached hydrogens (primary N) is 1. The van der Waals surface area contributed by atoms with E-state index < -0.39 is 0 Å². The number of benzene rings is 1. The van der Waals surface area contributed by atoms with Crippen molar-refractivity contribution in [1.82, 2.24) is 4.98 Å². The fourth-order valence-electron chi connectivity index (χ4n) is 2.00. The zero-order valence-electron chi connectivity index (χ0n) is 12.0. The van der Waals surface area contributed by atoms with Gasteiger partial charge < -0.3 is 10.5 Å². The maximum Gasteiger partial charge on any atom is 0.238 e. The molecule has 0 bridgehead atoms. The lowest BCUT2D eigenvalue weighted by atomic mass is 10.0. The smallest absolute Gasteiger partial charge is 0.238 e. The fourth-order valence-corrected chi connectivity index (χ4v) is 2.23. The molecule has 0 aliphatic carbocycles. The molecule has 106 valence electrons. The van der Waals surface area contributed by atoms with Crippen molar-refractivity contribution in [1.29, 1.82) is 0 Å². The zero-order valence-corrected chi connectivity index (χ0v) is 12.7. The van der Waals surface area contributed by atoms with Crippen LogP contribution >= 0.6 is 11.6 Å². The number of aromatic nitrogens is 1. The van der Waals surface area contributed by atoms with Gasteiger partial charge in [0.15, 0.2) is 0 Å². The number of hydrogen-bond donors (Lipinski definition) is 1. The van der Waals surface area contributed by atoms with Gasteiger partial charge in [-0.15, -0.1) is 0 Å². The number of hydrogen-bond acceptors (Lipinski definition) is 3. The Labute approximate surface area is 124 Å². The van der Waals surface area contributed by atoms with Crippen molar-refractivity contribution in [3.8, 4) is 11.6 Å². The Morgan fingerprint density at radius 1 is 1.30 bits per heavy atom. The van der Waals surface area contributed by atoms with Gasteiger partial charge in [0.05, 0.1) is 0 Å². The number of rotatable bonds is 4. The first kappa shape index (κ1) is 14.8. The summed E-state index contributed by atoms with van der Waals surface area (Å²) in [5.41, 5.74) is 8.74. The molecule has 0 saturated carbocycles. The van der Waals surface area contributed by atoms with Gasteiger partial charge in [-0.2, -0.15) is 0 Å². The lowest BCUT2D eigenvalue weighted by Crippen LogP contribution is -2.01. The van der Waals surface area contributed by atoms with E-state index in [4.69, 9.17) is 22.1 Å². The van der Waals surface area contributed by atoms with Gasteiger partial charge in [0.1, 0.15) is 10.8 Å². The highest BCUT2D eigenvalue weighted by Gasteiger charge is 2.13. The van der Waals surface area contributed by atoms with Crippen molar-refractivity contribution in [2.75, 3.05) is 0 Å². The van der Waals surface area contributed by atoms with Crippen molar-refractivity contribution < 1.29 is 4.74 Å². The molecule has 3 nitrogen and oxygen atoms in total. The van der Waals surface area contributed by atoms with E-state index in [0.29, 0.717) is 23.4 Å². The summed E-state index contributed by atoms with van der Waals surface area (Å²) < 4.78 is 5.93. The van der Waals surface area contributed by atoms with Crippen molar-refractivity contribution in [3.63, 3.8) is 0 Å². The molecule has 0 radical (unpaired) electrons. The SMILES string of the molecule is Cc1ccc(C(C)C)c(Oc2nccc(CN)c2Cl)c1. The van der Waals surface area contributed by atoms with Crippen LogP contribution in [0.25, 0.3) is 0 Å². The minimum Gasteiger partial charge on any atom is -0.437 e. The van der Waals surface area contributed by atoms with Crippen LogP contribution in [-0.2, 0) is 6.54 Å². The minimum absolute atomic E-state index is 0.363. The molecule has 0 saturated heterocycles. The Balaban J connectivity index is 2.42. The maximum absolute atomic E-state index is 6.26. The fraction of sp³-hybridized carbons (Fsp3) is 0.312. The van der Waals surface area contributed by atoms with Gasteiger partial charge in [0.25, 0.3) is 0 Å². The molecule has 0 unspecified atom stereocenters. The van der Waals surface area contributed by atoms with Crippen LogP contribution in [0.4, 0.5) is 0 Å². The van der Waals surface area contributed by atoms with Crippen LogP contribution in [0.15, 0.2) is 30.5 Å². The van der Waals surface area contributed by atoms with Crippen molar-refractivity contribution in [3.05, 3.63) is 52.2 Å². The van der Waals surface area contributed by atoms with Crippen molar-refractivity contribution in [2.24, 2.45) is 5.73 Å². The van der Waals surface area contributed by atoms with Crippen LogP contribution in [-0.4, -0.2) is 4.98 Å². The van der Waals surface area contributed by atoms with Crippen LogP contribution in [0.1, 0.15) is 36.5 Å². The molecule has 0 spiro atoms. The normalized spacial score (nSPS) is 10.9. The highest BCUT2D eigenvalue weighted by Crippen LogP contribution is 2.34. The molecule has 0 aliphatic rings. The van der Waals surface area contributed by atoms with Gasteiger partial charge in [-0.1, -0.05) is 37.6 Å². The van der Waals surface area contributed by atoms with Crippen molar-refractivity contribution >= 4 is 11.6 Å². The second kappa shape index (κ2) is 6.25. The van der Waals surface area contributed by atoms with Crippen LogP contribution in [0, 0.1) is 6.92 Å². The molecule has 2 rings (SSSR count). The molecule has 1 aromatic heterocycles. The van der Waals surface area contributed by atoms with Crippen LogP contribution in [0.2, 0.25) is 5.02 Å². The summed E-state index contributed by atoms with van der Waals surface area (Å²) in [7, 11) is 0. The summed E-state index contributed by atoms with van der Waals surface area (Å²) >= 11 is 6.26. The summed E-state index contributed by atoms with van der Waals surface area (Å²) in [5.74, 6) is 1.56. The lowest BCUT2D eigenvalue weighted by molar-refractivity contribution is 0.453. The number of nitrogens with zero attached hydrogens (tertiary/aromatic N) is 1. The third-order valence-electron chi connectivity index (χ3n) is 3.15. The molecule has 2 aromatic rings. The average Bonchev–Trinajstić information content (AvgIpc) is 2.41. The second-order valence-electron chi connectivity index (χ2n) is 5.09. The summed E-state index contributed by atoms with van der Waals surface area (Å²) in [6, 6.07) is 7.96. The second-order valence-corrected chi connectivity index (χ2v) is 5.47. The van der Waals surface area contributed by atoms with E-state index in [-0.39, 0.29) is 0 Å².